The third-order valence-electron chi connectivity index (χ3n) is 4.74. The van der Waals surface area contributed by atoms with Crippen LogP contribution in [0.25, 0.3) is 0 Å². The molecule has 2 heterocycles. The molecule has 1 aromatic carbocycles. The molecule has 3 rings (SSSR count). The summed E-state index contributed by atoms with van der Waals surface area (Å²) in [5.74, 6) is -0.143. The van der Waals surface area contributed by atoms with E-state index in [9.17, 15) is 4.39 Å². The highest BCUT2D eigenvalue weighted by molar-refractivity contribution is 5.19. The normalized spacial score (nSPS) is 17.8. The highest BCUT2D eigenvalue weighted by Crippen LogP contribution is 2.19. The third kappa shape index (κ3) is 4.02. The molecule has 0 amide bonds. The van der Waals surface area contributed by atoms with E-state index >= 15 is 0 Å². The minimum atomic E-state index is -0.143. The van der Waals surface area contributed by atoms with E-state index in [-0.39, 0.29) is 11.9 Å². The van der Waals surface area contributed by atoms with Gasteiger partial charge in [-0.25, -0.2) is 4.39 Å². The van der Waals surface area contributed by atoms with Crippen LogP contribution in [-0.2, 0) is 24.4 Å². The second-order valence-corrected chi connectivity index (χ2v) is 6.47. The first kappa shape index (κ1) is 17.1. The number of hydrogen-bond acceptors (Lipinski definition) is 3. The summed E-state index contributed by atoms with van der Waals surface area (Å²) in [6.07, 6.45) is 4.38. The number of benzene rings is 1. The molecule has 0 N–H and O–H groups in total. The van der Waals surface area contributed by atoms with Gasteiger partial charge in [-0.2, -0.15) is 5.10 Å². The topological polar surface area (TPSA) is 30.3 Å². The van der Waals surface area contributed by atoms with Crippen LogP contribution in [0.3, 0.4) is 0 Å². The molecule has 1 atom stereocenters. The van der Waals surface area contributed by atoms with Crippen LogP contribution in [0.4, 0.5) is 4.39 Å². The van der Waals surface area contributed by atoms with E-state index in [1.54, 1.807) is 6.07 Å². The van der Waals surface area contributed by atoms with E-state index in [1.165, 1.54) is 17.3 Å². The highest BCUT2D eigenvalue weighted by atomic mass is 19.1. The Morgan fingerprint density at radius 3 is 2.75 bits per heavy atom. The molecule has 130 valence electrons. The van der Waals surface area contributed by atoms with Crippen molar-refractivity contribution in [1.29, 1.82) is 0 Å². The van der Waals surface area contributed by atoms with Gasteiger partial charge in [-0.15, -0.1) is 0 Å². The smallest absolute Gasteiger partial charge is 0.127 e. The molecule has 4 nitrogen and oxygen atoms in total. The molecule has 2 aromatic rings. The van der Waals surface area contributed by atoms with Crippen LogP contribution in [0.15, 0.2) is 30.5 Å². The van der Waals surface area contributed by atoms with E-state index < -0.39 is 0 Å². The summed E-state index contributed by atoms with van der Waals surface area (Å²) in [6.45, 7) is 8.07. The standard InChI is InChI=1S/C19H26FN3O/c1-3-23-15(2)17(11-21-23)13-22(14-18-8-6-10-24-18)12-16-7-4-5-9-19(16)20/h4-5,7,9,11,18H,3,6,8,10,12-14H2,1-2H3/t18-/m0/s1. The Morgan fingerprint density at radius 2 is 2.08 bits per heavy atom. The Balaban J connectivity index is 1.75. The van der Waals surface area contributed by atoms with E-state index in [2.05, 4.69) is 23.8 Å². The van der Waals surface area contributed by atoms with Crippen molar-refractivity contribution < 1.29 is 9.13 Å². The van der Waals surface area contributed by atoms with Crippen LogP contribution < -0.4 is 0 Å². The van der Waals surface area contributed by atoms with Gasteiger partial charge in [0.05, 0.1) is 12.3 Å². The predicted octanol–water partition coefficient (Wildman–Crippen LogP) is 3.53. The van der Waals surface area contributed by atoms with Crippen molar-refractivity contribution in [3.05, 3.63) is 53.1 Å². The molecule has 24 heavy (non-hydrogen) atoms. The van der Waals surface area contributed by atoms with Crippen molar-refractivity contribution in [3.8, 4) is 0 Å². The molecule has 1 saturated heterocycles. The molecule has 1 aromatic heterocycles. The first-order valence-corrected chi connectivity index (χ1v) is 8.76. The Labute approximate surface area is 143 Å². The maximum absolute atomic E-state index is 14.1. The van der Waals surface area contributed by atoms with Crippen LogP contribution in [0.1, 0.15) is 36.6 Å². The molecular formula is C19H26FN3O. The number of ether oxygens (including phenoxy) is 1. The van der Waals surface area contributed by atoms with Gasteiger partial charge in [0, 0.05) is 49.6 Å². The summed E-state index contributed by atoms with van der Waals surface area (Å²) in [5, 5.41) is 4.43. The van der Waals surface area contributed by atoms with Gasteiger partial charge >= 0.3 is 0 Å². The monoisotopic (exact) mass is 331 g/mol. The lowest BCUT2D eigenvalue weighted by Gasteiger charge is -2.25. The van der Waals surface area contributed by atoms with Crippen molar-refractivity contribution >= 4 is 0 Å². The number of hydrogen-bond donors (Lipinski definition) is 0. The average molecular weight is 331 g/mol. The lowest BCUT2D eigenvalue weighted by Crippen LogP contribution is -2.32. The molecule has 1 aliphatic rings. The van der Waals surface area contributed by atoms with Gasteiger partial charge in [-0.3, -0.25) is 9.58 Å². The molecule has 0 bridgehead atoms. The second kappa shape index (κ2) is 7.90. The van der Waals surface area contributed by atoms with Crippen LogP contribution >= 0.6 is 0 Å². The number of halogens is 1. The quantitative estimate of drug-likeness (QED) is 0.777. The molecule has 0 spiro atoms. The first-order valence-electron chi connectivity index (χ1n) is 8.76. The second-order valence-electron chi connectivity index (χ2n) is 6.47. The lowest BCUT2D eigenvalue weighted by molar-refractivity contribution is 0.0674. The van der Waals surface area contributed by atoms with Gasteiger partial charge in [0.25, 0.3) is 0 Å². The van der Waals surface area contributed by atoms with Gasteiger partial charge in [0.2, 0.25) is 0 Å². The molecule has 0 saturated carbocycles. The average Bonchev–Trinajstić information content (AvgIpc) is 3.20. The largest absolute Gasteiger partial charge is 0.377 e. The number of aryl methyl sites for hydroxylation is 1. The summed E-state index contributed by atoms with van der Waals surface area (Å²) in [6, 6.07) is 7.02. The van der Waals surface area contributed by atoms with Gasteiger partial charge in [0.1, 0.15) is 5.82 Å². The zero-order chi connectivity index (χ0) is 16.9. The van der Waals surface area contributed by atoms with E-state index in [4.69, 9.17) is 4.74 Å². The van der Waals surface area contributed by atoms with Crippen LogP contribution in [0.2, 0.25) is 0 Å². The van der Waals surface area contributed by atoms with E-state index in [1.807, 2.05) is 23.0 Å². The van der Waals surface area contributed by atoms with Crippen LogP contribution in [0.5, 0.6) is 0 Å². The Kier molecular flexibility index (Phi) is 5.63. The van der Waals surface area contributed by atoms with Crippen LogP contribution in [-0.4, -0.2) is 33.9 Å². The van der Waals surface area contributed by atoms with Crippen molar-refractivity contribution in [3.63, 3.8) is 0 Å². The molecule has 1 fully saturated rings. The zero-order valence-electron chi connectivity index (χ0n) is 14.5. The molecule has 0 radical (unpaired) electrons. The van der Waals surface area contributed by atoms with Crippen molar-refractivity contribution in [2.75, 3.05) is 13.2 Å². The van der Waals surface area contributed by atoms with Crippen molar-refractivity contribution in [1.82, 2.24) is 14.7 Å². The number of rotatable bonds is 7. The summed E-state index contributed by atoms with van der Waals surface area (Å²) in [5.41, 5.74) is 3.12. The Hall–Kier alpha value is -1.72. The summed E-state index contributed by atoms with van der Waals surface area (Å²) >= 11 is 0. The molecule has 5 heteroatoms. The fraction of sp³-hybridized carbons (Fsp3) is 0.526. The van der Waals surface area contributed by atoms with Crippen molar-refractivity contribution in [2.45, 2.75) is 52.4 Å². The summed E-state index contributed by atoms with van der Waals surface area (Å²) in [7, 11) is 0. The van der Waals surface area contributed by atoms with E-state index in [0.29, 0.717) is 6.54 Å². The van der Waals surface area contributed by atoms with Gasteiger partial charge in [-0.05, 0) is 32.8 Å². The lowest BCUT2D eigenvalue weighted by atomic mass is 10.1. The van der Waals surface area contributed by atoms with Gasteiger partial charge in [-0.1, -0.05) is 18.2 Å². The SMILES string of the molecule is CCn1ncc(CN(Cc2ccccc2F)C[C@@H]2CCCO2)c1C. The predicted molar refractivity (Wildman–Crippen MR) is 92.1 cm³/mol. The molecule has 0 unspecified atom stereocenters. The third-order valence-corrected chi connectivity index (χ3v) is 4.74. The van der Waals surface area contributed by atoms with Crippen LogP contribution in [0, 0.1) is 12.7 Å². The first-order chi connectivity index (χ1) is 11.7. The van der Waals surface area contributed by atoms with Gasteiger partial charge in [0.15, 0.2) is 0 Å². The Bertz CT molecular complexity index is 664. The summed E-state index contributed by atoms with van der Waals surface area (Å²) in [4.78, 5) is 2.28. The maximum Gasteiger partial charge on any atom is 0.127 e. The Morgan fingerprint density at radius 1 is 1.29 bits per heavy atom. The summed E-state index contributed by atoms with van der Waals surface area (Å²) < 4.78 is 21.9. The molecular weight excluding hydrogens is 305 g/mol. The van der Waals surface area contributed by atoms with Gasteiger partial charge < -0.3 is 4.74 Å². The minimum absolute atomic E-state index is 0.143. The number of aromatic nitrogens is 2. The van der Waals surface area contributed by atoms with Crippen molar-refractivity contribution in [2.24, 2.45) is 0 Å². The zero-order valence-corrected chi connectivity index (χ0v) is 14.5. The van der Waals surface area contributed by atoms with E-state index in [0.717, 1.165) is 44.6 Å². The number of nitrogens with zero attached hydrogens (tertiary/aromatic N) is 3. The fourth-order valence-corrected chi connectivity index (χ4v) is 3.33. The maximum atomic E-state index is 14.1. The molecule has 0 aliphatic carbocycles. The fourth-order valence-electron chi connectivity index (χ4n) is 3.33. The molecule has 1 aliphatic heterocycles. The highest BCUT2D eigenvalue weighted by Gasteiger charge is 2.21. The minimum Gasteiger partial charge on any atom is -0.377 e.